The first kappa shape index (κ1) is 24.9. The SMILES string of the molecule is O=C(CCCCC[C@H](NC(=O)C1=CC=C2C=CC=CC2N1)C(=O)Nc1cccc2cccnc12)NO. The third-order valence-electron chi connectivity index (χ3n) is 6.09. The molecule has 5 N–H and O–H groups in total. The molecule has 4 rings (SSSR count). The zero-order valence-electron chi connectivity index (χ0n) is 19.7. The van der Waals surface area contributed by atoms with E-state index in [-0.39, 0.29) is 24.3 Å². The highest BCUT2D eigenvalue weighted by atomic mass is 16.5. The van der Waals surface area contributed by atoms with E-state index in [9.17, 15) is 14.4 Å². The molecule has 1 aliphatic carbocycles. The molecule has 1 aliphatic heterocycles. The Kier molecular flexibility index (Phi) is 8.25. The minimum atomic E-state index is -0.794. The number of carbonyl (C=O) groups is 3. The van der Waals surface area contributed by atoms with Crippen LogP contribution in [-0.4, -0.2) is 40.0 Å². The van der Waals surface area contributed by atoms with Crippen LogP contribution >= 0.6 is 0 Å². The molecular weight excluding hydrogens is 458 g/mol. The van der Waals surface area contributed by atoms with Crippen molar-refractivity contribution in [2.45, 2.75) is 44.2 Å². The summed E-state index contributed by atoms with van der Waals surface area (Å²) >= 11 is 0. The molecule has 2 heterocycles. The number of hydrogen-bond acceptors (Lipinski definition) is 6. The predicted molar refractivity (Wildman–Crippen MR) is 137 cm³/mol. The van der Waals surface area contributed by atoms with Gasteiger partial charge in [-0.25, -0.2) is 5.48 Å². The summed E-state index contributed by atoms with van der Waals surface area (Å²) in [7, 11) is 0. The summed E-state index contributed by atoms with van der Waals surface area (Å²) in [5.74, 6) is -1.16. The number of carbonyl (C=O) groups excluding carboxylic acids is 3. The van der Waals surface area contributed by atoms with Crippen molar-refractivity contribution in [2.75, 3.05) is 5.32 Å². The van der Waals surface area contributed by atoms with Gasteiger partial charge >= 0.3 is 0 Å². The van der Waals surface area contributed by atoms with E-state index in [0.717, 1.165) is 11.0 Å². The number of dihydropyridines is 1. The molecule has 0 radical (unpaired) electrons. The molecule has 0 bridgehead atoms. The highest BCUT2D eigenvalue weighted by Crippen LogP contribution is 2.22. The first-order valence-electron chi connectivity index (χ1n) is 12.0. The fourth-order valence-corrected chi connectivity index (χ4v) is 4.18. The lowest BCUT2D eigenvalue weighted by Crippen LogP contribution is -2.47. The first-order valence-corrected chi connectivity index (χ1v) is 12.0. The van der Waals surface area contributed by atoms with Gasteiger partial charge in [-0.05, 0) is 36.6 Å². The normalized spacial score (nSPS) is 16.8. The molecule has 2 aromatic rings. The van der Waals surface area contributed by atoms with Gasteiger partial charge in [0.05, 0.1) is 17.2 Å². The molecule has 36 heavy (non-hydrogen) atoms. The molecule has 1 aromatic heterocycles. The molecule has 3 amide bonds. The molecule has 1 unspecified atom stereocenters. The van der Waals surface area contributed by atoms with Gasteiger partial charge < -0.3 is 16.0 Å². The first-order chi connectivity index (χ1) is 17.5. The number of anilines is 1. The highest BCUT2D eigenvalue weighted by Gasteiger charge is 2.25. The number of nitrogens with zero attached hydrogens (tertiary/aromatic N) is 1. The van der Waals surface area contributed by atoms with Crippen molar-refractivity contribution < 1.29 is 19.6 Å². The number of hydrogen-bond donors (Lipinski definition) is 5. The molecule has 2 aliphatic rings. The zero-order chi connectivity index (χ0) is 25.3. The fraction of sp³-hybridized carbons (Fsp3) is 0.259. The van der Waals surface area contributed by atoms with Crippen LogP contribution in [0.2, 0.25) is 0 Å². The number of amides is 3. The Morgan fingerprint density at radius 1 is 1.06 bits per heavy atom. The number of fused-ring (bicyclic) bond motifs is 2. The summed E-state index contributed by atoms with van der Waals surface area (Å²) in [5.41, 5.74) is 4.29. The van der Waals surface area contributed by atoms with E-state index >= 15 is 0 Å². The van der Waals surface area contributed by atoms with Crippen molar-refractivity contribution in [1.29, 1.82) is 0 Å². The van der Waals surface area contributed by atoms with Gasteiger partial charge in [0.15, 0.2) is 0 Å². The largest absolute Gasteiger partial charge is 0.370 e. The van der Waals surface area contributed by atoms with E-state index in [0.29, 0.717) is 42.6 Å². The Bertz CT molecular complexity index is 1260. The number of aromatic nitrogens is 1. The van der Waals surface area contributed by atoms with Crippen LogP contribution in [0.25, 0.3) is 10.9 Å². The lowest BCUT2D eigenvalue weighted by Gasteiger charge is -2.26. The van der Waals surface area contributed by atoms with E-state index in [1.54, 1.807) is 23.8 Å². The van der Waals surface area contributed by atoms with Gasteiger partial charge in [-0.1, -0.05) is 61.4 Å². The molecule has 0 saturated heterocycles. The summed E-state index contributed by atoms with van der Waals surface area (Å²) in [6, 6.07) is 8.39. The van der Waals surface area contributed by atoms with Gasteiger partial charge in [0.1, 0.15) is 11.7 Å². The molecular formula is C27H29N5O4. The molecule has 2 atom stereocenters. The molecule has 186 valence electrons. The Morgan fingerprint density at radius 3 is 2.78 bits per heavy atom. The number of unbranched alkanes of at least 4 members (excludes halogenated alkanes) is 2. The second-order valence-electron chi connectivity index (χ2n) is 8.64. The number of benzene rings is 1. The van der Waals surface area contributed by atoms with Gasteiger partial charge in [-0.2, -0.15) is 0 Å². The van der Waals surface area contributed by atoms with Crippen molar-refractivity contribution in [2.24, 2.45) is 0 Å². The van der Waals surface area contributed by atoms with E-state index < -0.39 is 11.9 Å². The number of rotatable bonds is 10. The van der Waals surface area contributed by atoms with Crippen LogP contribution < -0.4 is 21.4 Å². The van der Waals surface area contributed by atoms with Crippen LogP contribution in [-0.2, 0) is 14.4 Å². The monoisotopic (exact) mass is 487 g/mol. The van der Waals surface area contributed by atoms with Crippen LogP contribution in [0.4, 0.5) is 5.69 Å². The Balaban J connectivity index is 1.45. The molecule has 9 heteroatoms. The maximum atomic E-state index is 13.3. The minimum Gasteiger partial charge on any atom is -0.370 e. The number of allylic oxidation sites excluding steroid dienone is 4. The topological polar surface area (TPSA) is 132 Å². The number of nitrogens with one attached hydrogen (secondary N) is 4. The highest BCUT2D eigenvalue weighted by molar-refractivity contribution is 6.04. The van der Waals surface area contributed by atoms with Gasteiger partial charge in [0.2, 0.25) is 11.8 Å². The van der Waals surface area contributed by atoms with Crippen LogP contribution in [0.3, 0.4) is 0 Å². The summed E-state index contributed by atoms with van der Waals surface area (Å²) in [6.45, 7) is 0. The summed E-state index contributed by atoms with van der Waals surface area (Å²) < 4.78 is 0. The van der Waals surface area contributed by atoms with E-state index in [2.05, 4.69) is 20.9 Å². The van der Waals surface area contributed by atoms with Crippen LogP contribution in [0.1, 0.15) is 32.1 Å². The lowest BCUT2D eigenvalue weighted by atomic mass is 9.98. The van der Waals surface area contributed by atoms with E-state index in [1.165, 1.54) is 0 Å². The molecule has 1 aromatic carbocycles. The second kappa shape index (κ2) is 11.9. The maximum Gasteiger partial charge on any atom is 0.268 e. The smallest absolute Gasteiger partial charge is 0.268 e. The predicted octanol–water partition coefficient (Wildman–Crippen LogP) is 3.02. The van der Waals surface area contributed by atoms with Gasteiger partial charge in [-0.3, -0.25) is 24.6 Å². The summed E-state index contributed by atoms with van der Waals surface area (Å²) in [5, 5.41) is 18.5. The molecule has 9 nitrogen and oxygen atoms in total. The van der Waals surface area contributed by atoms with E-state index in [4.69, 9.17) is 5.21 Å². The van der Waals surface area contributed by atoms with Crippen molar-refractivity contribution >= 4 is 34.3 Å². The van der Waals surface area contributed by atoms with Crippen LogP contribution in [0.15, 0.2) is 84.3 Å². The Hall–Kier alpha value is -4.24. The van der Waals surface area contributed by atoms with Crippen molar-refractivity contribution in [3.63, 3.8) is 0 Å². The summed E-state index contributed by atoms with van der Waals surface area (Å²) in [4.78, 5) is 42.0. The number of hydroxylamine groups is 1. The zero-order valence-corrected chi connectivity index (χ0v) is 19.7. The quantitative estimate of drug-likeness (QED) is 0.199. The lowest BCUT2D eigenvalue weighted by molar-refractivity contribution is -0.129. The Morgan fingerprint density at radius 2 is 1.92 bits per heavy atom. The average Bonchev–Trinajstić information content (AvgIpc) is 2.91. The third-order valence-corrected chi connectivity index (χ3v) is 6.09. The standard InChI is InChI=1S/C27H29N5O4/c33-24(32-36)14-3-1-2-12-22(26(34)30-21-13-6-9-19-10-7-17-28-25(19)21)31-27(35)23-16-15-18-8-4-5-11-20(18)29-23/h4-11,13,15-17,20,22,29,36H,1-3,12,14H2,(H,30,34)(H,31,35)(H,32,33)/t20?,22-/m0/s1. The van der Waals surface area contributed by atoms with Crippen molar-refractivity contribution in [3.05, 3.63) is 84.3 Å². The summed E-state index contributed by atoms with van der Waals surface area (Å²) in [6.07, 6.45) is 15.5. The second-order valence-corrected chi connectivity index (χ2v) is 8.64. The molecule has 0 saturated carbocycles. The van der Waals surface area contributed by atoms with Gasteiger partial charge in [0.25, 0.3) is 5.91 Å². The molecule has 0 spiro atoms. The maximum absolute atomic E-state index is 13.3. The van der Waals surface area contributed by atoms with Gasteiger partial charge in [-0.15, -0.1) is 0 Å². The van der Waals surface area contributed by atoms with Crippen molar-refractivity contribution in [3.8, 4) is 0 Å². The third kappa shape index (κ3) is 6.25. The Labute approximate surface area is 209 Å². The fourth-order valence-electron chi connectivity index (χ4n) is 4.18. The van der Waals surface area contributed by atoms with Gasteiger partial charge in [0, 0.05) is 18.0 Å². The average molecular weight is 488 g/mol. The van der Waals surface area contributed by atoms with Crippen LogP contribution in [0.5, 0.6) is 0 Å². The minimum absolute atomic E-state index is 0.0903. The van der Waals surface area contributed by atoms with E-state index in [1.807, 2.05) is 54.6 Å². The van der Waals surface area contributed by atoms with Crippen LogP contribution in [0, 0.1) is 0 Å². The number of pyridine rings is 1. The molecule has 0 fully saturated rings. The number of para-hydroxylation sites is 1. The van der Waals surface area contributed by atoms with Crippen molar-refractivity contribution in [1.82, 2.24) is 21.1 Å².